The highest BCUT2D eigenvalue weighted by molar-refractivity contribution is 5.55. The third-order valence-electron chi connectivity index (χ3n) is 1.88. The molecule has 0 spiro atoms. The number of rotatable bonds is 2. The first-order valence-electron chi connectivity index (χ1n) is 4.38. The third kappa shape index (κ3) is 2.01. The zero-order valence-electron chi connectivity index (χ0n) is 8.21. The van der Waals surface area contributed by atoms with E-state index in [4.69, 9.17) is 10.5 Å². The molecule has 15 heavy (non-hydrogen) atoms. The second-order valence-electron chi connectivity index (χ2n) is 2.89. The number of nitrogen functional groups attached to an aromatic ring is 1. The van der Waals surface area contributed by atoms with Gasteiger partial charge in [0.15, 0.2) is 5.82 Å². The van der Waals surface area contributed by atoms with Gasteiger partial charge in [-0.15, -0.1) is 0 Å². The first kappa shape index (κ1) is 9.39. The summed E-state index contributed by atoms with van der Waals surface area (Å²) in [6, 6.07) is 5.23. The van der Waals surface area contributed by atoms with Gasteiger partial charge >= 0.3 is 0 Å². The Labute approximate surface area is 87.0 Å². The Kier molecular flexibility index (Phi) is 2.45. The summed E-state index contributed by atoms with van der Waals surface area (Å²) >= 11 is 0. The average Bonchev–Trinajstić information content (AvgIpc) is 2.29. The fourth-order valence-electron chi connectivity index (χ4n) is 1.15. The van der Waals surface area contributed by atoms with Crippen LogP contribution in [0.2, 0.25) is 0 Å². The van der Waals surface area contributed by atoms with Crippen LogP contribution < -0.4 is 10.5 Å². The summed E-state index contributed by atoms with van der Waals surface area (Å²) in [4.78, 5) is 12.2. The van der Waals surface area contributed by atoms with E-state index in [1.54, 1.807) is 31.6 Å². The Morgan fingerprint density at radius 3 is 2.67 bits per heavy atom. The molecule has 0 unspecified atom stereocenters. The zero-order valence-corrected chi connectivity index (χ0v) is 8.21. The van der Waals surface area contributed by atoms with E-state index in [9.17, 15) is 0 Å². The van der Waals surface area contributed by atoms with Crippen LogP contribution in [0, 0.1) is 0 Å². The number of hydrogen-bond donors (Lipinski definition) is 1. The SMILES string of the molecule is COc1ccc(-c2nccc(N)n2)cn1. The minimum atomic E-state index is 0.441. The maximum atomic E-state index is 5.56. The number of nitrogens with two attached hydrogens (primary N) is 1. The van der Waals surface area contributed by atoms with Gasteiger partial charge in [0, 0.05) is 24.0 Å². The molecule has 5 nitrogen and oxygen atoms in total. The largest absolute Gasteiger partial charge is 0.481 e. The summed E-state index contributed by atoms with van der Waals surface area (Å²) < 4.78 is 4.95. The van der Waals surface area contributed by atoms with Crippen molar-refractivity contribution in [2.75, 3.05) is 12.8 Å². The van der Waals surface area contributed by atoms with Crippen LogP contribution in [-0.4, -0.2) is 22.1 Å². The van der Waals surface area contributed by atoms with Gasteiger partial charge in [-0.05, 0) is 12.1 Å². The van der Waals surface area contributed by atoms with Crippen molar-refractivity contribution in [2.45, 2.75) is 0 Å². The average molecular weight is 202 g/mol. The smallest absolute Gasteiger partial charge is 0.212 e. The Morgan fingerprint density at radius 2 is 2.07 bits per heavy atom. The highest BCUT2D eigenvalue weighted by atomic mass is 16.5. The van der Waals surface area contributed by atoms with E-state index < -0.39 is 0 Å². The first-order chi connectivity index (χ1) is 7.29. The minimum Gasteiger partial charge on any atom is -0.481 e. The Hall–Kier alpha value is -2.17. The lowest BCUT2D eigenvalue weighted by atomic mass is 10.2. The molecule has 0 fully saturated rings. The van der Waals surface area contributed by atoms with Gasteiger partial charge in [-0.3, -0.25) is 0 Å². The second-order valence-corrected chi connectivity index (χ2v) is 2.89. The van der Waals surface area contributed by atoms with Gasteiger partial charge in [-0.2, -0.15) is 0 Å². The zero-order chi connectivity index (χ0) is 10.7. The summed E-state index contributed by atoms with van der Waals surface area (Å²) in [5.74, 6) is 1.56. The van der Waals surface area contributed by atoms with Crippen molar-refractivity contribution in [3.63, 3.8) is 0 Å². The Balaban J connectivity index is 2.37. The number of ether oxygens (including phenoxy) is 1. The molecule has 0 saturated carbocycles. The molecule has 0 amide bonds. The number of nitrogens with zero attached hydrogens (tertiary/aromatic N) is 3. The van der Waals surface area contributed by atoms with Crippen molar-refractivity contribution in [3.8, 4) is 17.3 Å². The molecule has 0 aromatic carbocycles. The molecule has 0 radical (unpaired) electrons. The second kappa shape index (κ2) is 3.91. The molecular formula is C10H10N4O. The first-order valence-corrected chi connectivity index (χ1v) is 4.38. The van der Waals surface area contributed by atoms with Crippen LogP contribution in [0.3, 0.4) is 0 Å². The van der Waals surface area contributed by atoms with E-state index in [0.29, 0.717) is 17.5 Å². The Bertz CT molecular complexity index is 455. The van der Waals surface area contributed by atoms with Crippen molar-refractivity contribution in [2.24, 2.45) is 0 Å². The maximum Gasteiger partial charge on any atom is 0.212 e. The highest BCUT2D eigenvalue weighted by Crippen LogP contribution is 2.16. The van der Waals surface area contributed by atoms with Crippen LogP contribution in [0.15, 0.2) is 30.6 Å². The van der Waals surface area contributed by atoms with Gasteiger partial charge in [0.1, 0.15) is 5.82 Å². The molecule has 2 heterocycles. The van der Waals surface area contributed by atoms with Gasteiger partial charge in [-0.1, -0.05) is 0 Å². The predicted octanol–water partition coefficient (Wildman–Crippen LogP) is 1.13. The lowest BCUT2D eigenvalue weighted by Gasteiger charge is -2.01. The molecule has 0 aliphatic rings. The quantitative estimate of drug-likeness (QED) is 0.790. The van der Waals surface area contributed by atoms with Gasteiger partial charge in [0.05, 0.1) is 7.11 Å². The van der Waals surface area contributed by atoms with Crippen LogP contribution in [0.5, 0.6) is 5.88 Å². The highest BCUT2D eigenvalue weighted by Gasteiger charge is 2.02. The van der Waals surface area contributed by atoms with Crippen molar-refractivity contribution in [3.05, 3.63) is 30.6 Å². The number of pyridine rings is 1. The van der Waals surface area contributed by atoms with E-state index in [2.05, 4.69) is 15.0 Å². The Morgan fingerprint density at radius 1 is 1.20 bits per heavy atom. The summed E-state index contributed by atoms with van der Waals surface area (Å²) in [7, 11) is 1.57. The van der Waals surface area contributed by atoms with Crippen LogP contribution in [0.25, 0.3) is 11.4 Å². The lowest BCUT2D eigenvalue weighted by Crippen LogP contribution is -1.95. The van der Waals surface area contributed by atoms with Crippen LogP contribution in [-0.2, 0) is 0 Å². The van der Waals surface area contributed by atoms with Crippen molar-refractivity contribution in [1.29, 1.82) is 0 Å². The molecule has 0 aliphatic heterocycles. The topological polar surface area (TPSA) is 73.9 Å². The van der Waals surface area contributed by atoms with E-state index in [-0.39, 0.29) is 0 Å². The van der Waals surface area contributed by atoms with Crippen molar-refractivity contribution >= 4 is 5.82 Å². The standard InChI is InChI=1S/C10H10N4O/c1-15-9-3-2-7(6-13-9)10-12-5-4-8(11)14-10/h2-6H,1H3,(H2,11,12,14). The molecule has 2 N–H and O–H groups in total. The molecule has 5 heteroatoms. The molecule has 2 aromatic heterocycles. The summed E-state index contributed by atoms with van der Waals surface area (Å²) in [5, 5.41) is 0. The molecule has 0 atom stereocenters. The lowest BCUT2D eigenvalue weighted by molar-refractivity contribution is 0.398. The maximum absolute atomic E-state index is 5.56. The predicted molar refractivity (Wildman–Crippen MR) is 56.2 cm³/mol. The van der Waals surface area contributed by atoms with Crippen LogP contribution in [0.4, 0.5) is 5.82 Å². The normalized spacial score (nSPS) is 9.93. The van der Waals surface area contributed by atoms with Gasteiger partial charge in [0.25, 0.3) is 0 Å². The molecule has 0 aliphatic carbocycles. The van der Waals surface area contributed by atoms with Crippen LogP contribution >= 0.6 is 0 Å². The molecule has 0 bridgehead atoms. The number of anilines is 1. The van der Waals surface area contributed by atoms with Crippen molar-refractivity contribution in [1.82, 2.24) is 15.0 Å². The molecular weight excluding hydrogens is 192 g/mol. The van der Waals surface area contributed by atoms with Crippen molar-refractivity contribution < 1.29 is 4.74 Å². The summed E-state index contributed by atoms with van der Waals surface area (Å²) in [6.07, 6.45) is 3.26. The monoisotopic (exact) mass is 202 g/mol. The van der Waals surface area contributed by atoms with Gasteiger partial charge in [0.2, 0.25) is 5.88 Å². The number of hydrogen-bond acceptors (Lipinski definition) is 5. The molecule has 0 saturated heterocycles. The van der Waals surface area contributed by atoms with E-state index in [1.165, 1.54) is 0 Å². The van der Waals surface area contributed by atoms with E-state index in [0.717, 1.165) is 5.56 Å². The van der Waals surface area contributed by atoms with Gasteiger partial charge < -0.3 is 10.5 Å². The van der Waals surface area contributed by atoms with E-state index >= 15 is 0 Å². The van der Waals surface area contributed by atoms with Gasteiger partial charge in [-0.25, -0.2) is 15.0 Å². The summed E-state index contributed by atoms with van der Waals surface area (Å²) in [5.41, 5.74) is 6.36. The molecule has 2 rings (SSSR count). The van der Waals surface area contributed by atoms with E-state index in [1.807, 2.05) is 6.07 Å². The summed E-state index contributed by atoms with van der Waals surface area (Å²) in [6.45, 7) is 0. The molecule has 2 aromatic rings. The minimum absolute atomic E-state index is 0.441. The van der Waals surface area contributed by atoms with Crippen LogP contribution in [0.1, 0.15) is 0 Å². The fraction of sp³-hybridized carbons (Fsp3) is 0.100. The fourth-order valence-corrected chi connectivity index (χ4v) is 1.15. The number of methoxy groups -OCH3 is 1. The number of aromatic nitrogens is 3. The third-order valence-corrected chi connectivity index (χ3v) is 1.88. The molecule has 76 valence electrons.